The molecule has 0 aliphatic carbocycles. The van der Waals surface area contributed by atoms with Crippen LogP contribution in [0.15, 0.2) is 0 Å². The molecule has 0 bridgehead atoms. The summed E-state index contributed by atoms with van der Waals surface area (Å²) in [5.41, 5.74) is 0. The van der Waals surface area contributed by atoms with Crippen molar-refractivity contribution < 1.29 is 24.1 Å². The van der Waals surface area contributed by atoms with Crippen LogP contribution in [0, 0.1) is 0 Å². The summed E-state index contributed by atoms with van der Waals surface area (Å²) >= 11 is 0. The van der Waals surface area contributed by atoms with Gasteiger partial charge in [-0.15, -0.1) is 0 Å². The number of hydrogen-bond acceptors (Lipinski definition) is 5. The van der Waals surface area contributed by atoms with Crippen LogP contribution in [0.1, 0.15) is 291 Å². The number of hydrogen-bond donors (Lipinski definition) is 1. The van der Waals surface area contributed by atoms with Gasteiger partial charge in [0.25, 0.3) is 0 Å². The Morgan fingerprint density at radius 2 is 0.610 bits per heavy atom. The van der Waals surface area contributed by atoms with Crippen LogP contribution >= 0.6 is 0 Å². The third-order valence-electron chi connectivity index (χ3n) is 13.1. The number of aliphatic hydroxyl groups is 1. The van der Waals surface area contributed by atoms with Crippen LogP contribution in [-0.4, -0.2) is 62.1 Å². The number of aliphatic hydroxyl groups excluding tert-OH is 1. The Morgan fingerprint density at radius 1 is 0.322 bits per heavy atom. The summed E-state index contributed by atoms with van der Waals surface area (Å²) in [6.45, 7) is 11.7. The van der Waals surface area contributed by atoms with Gasteiger partial charge in [0.2, 0.25) is 0 Å². The molecule has 0 spiro atoms. The molecule has 1 aliphatic rings. The summed E-state index contributed by atoms with van der Waals surface area (Å²) in [7, 11) is 0. The van der Waals surface area contributed by atoms with E-state index in [1.54, 1.807) is 0 Å². The van der Waals surface area contributed by atoms with Gasteiger partial charge in [0.1, 0.15) is 24.4 Å². The molecule has 0 amide bonds. The lowest BCUT2D eigenvalue weighted by Gasteiger charge is -2.44. The summed E-state index contributed by atoms with van der Waals surface area (Å²) in [6, 6.07) is 0. The van der Waals surface area contributed by atoms with E-state index in [1.807, 2.05) is 0 Å². The van der Waals surface area contributed by atoms with Gasteiger partial charge in [-0.3, -0.25) is 0 Å². The first-order chi connectivity index (χ1) is 29.2. The normalized spacial score (nSPS) is 19.6. The first kappa shape index (κ1) is 56.8. The van der Waals surface area contributed by atoms with Gasteiger partial charge >= 0.3 is 0 Å². The molecular formula is C54H108O5. The summed E-state index contributed by atoms with van der Waals surface area (Å²) in [5.74, 6) is 0. The Balaban J connectivity index is 2.48. The Labute approximate surface area is 370 Å². The van der Waals surface area contributed by atoms with Crippen molar-refractivity contribution >= 4 is 0 Å². The SMILES string of the molecule is CCCCCCCCCCCCCCCOC[C@H]1O[C@H](CCC)[C@H](O)[C@@H](OCCCCCCCCCCCCCCC)[C@@H]1OCCCCCCCCCCCCCCC. The molecule has 0 aromatic heterocycles. The van der Waals surface area contributed by atoms with Crippen molar-refractivity contribution in [2.75, 3.05) is 26.4 Å². The van der Waals surface area contributed by atoms with Gasteiger partial charge < -0.3 is 24.1 Å². The van der Waals surface area contributed by atoms with E-state index in [0.717, 1.165) is 38.7 Å². The van der Waals surface area contributed by atoms with Crippen LogP contribution in [0.3, 0.4) is 0 Å². The molecule has 59 heavy (non-hydrogen) atoms. The molecule has 5 nitrogen and oxygen atoms in total. The molecule has 1 heterocycles. The minimum Gasteiger partial charge on any atom is -0.388 e. The predicted molar refractivity (Wildman–Crippen MR) is 257 cm³/mol. The van der Waals surface area contributed by atoms with Crippen LogP contribution in [0.4, 0.5) is 0 Å². The fraction of sp³-hybridized carbons (Fsp3) is 1.00. The Morgan fingerprint density at radius 3 is 0.932 bits per heavy atom. The highest BCUT2D eigenvalue weighted by atomic mass is 16.6. The maximum absolute atomic E-state index is 11.6. The monoisotopic (exact) mass is 837 g/mol. The summed E-state index contributed by atoms with van der Waals surface area (Å²) in [4.78, 5) is 0. The van der Waals surface area contributed by atoms with Crippen molar-refractivity contribution in [3.05, 3.63) is 0 Å². The summed E-state index contributed by atoms with van der Waals surface area (Å²) in [5, 5.41) is 11.6. The molecule has 5 heteroatoms. The Hall–Kier alpha value is -0.200. The van der Waals surface area contributed by atoms with Crippen molar-refractivity contribution in [2.24, 2.45) is 0 Å². The van der Waals surface area contributed by atoms with Crippen molar-refractivity contribution in [2.45, 2.75) is 321 Å². The van der Waals surface area contributed by atoms with Gasteiger partial charge in [-0.05, 0) is 25.7 Å². The maximum Gasteiger partial charge on any atom is 0.115 e. The van der Waals surface area contributed by atoms with Crippen LogP contribution < -0.4 is 0 Å². The molecular weight excluding hydrogens is 729 g/mol. The van der Waals surface area contributed by atoms with Gasteiger partial charge in [-0.1, -0.05) is 265 Å². The van der Waals surface area contributed by atoms with Crippen LogP contribution in [0.25, 0.3) is 0 Å². The highest BCUT2D eigenvalue weighted by molar-refractivity contribution is 4.94. The van der Waals surface area contributed by atoms with E-state index in [9.17, 15) is 5.11 Å². The molecule has 1 fully saturated rings. The molecule has 0 unspecified atom stereocenters. The highest BCUT2D eigenvalue weighted by Gasteiger charge is 2.46. The maximum atomic E-state index is 11.6. The quantitative estimate of drug-likeness (QED) is 0.0619. The Kier molecular flexibility index (Phi) is 44.1. The zero-order valence-corrected chi connectivity index (χ0v) is 40.8. The van der Waals surface area contributed by atoms with E-state index < -0.39 is 6.10 Å². The van der Waals surface area contributed by atoms with Crippen LogP contribution in [0.2, 0.25) is 0 Å². The van der Waals surface area contributed by atoms with Crippen molar-refractivity contribution in [3.63, 3.8) is 0 Å². The first-order valence-electron chi connectivity index (χ1n) is 27.3. The minimum absolute atomic E-state index is 0.199. The van der Waals surface area contributed by atoms with E-state index in [2.05, 4.69) is 27.7 Å². The van der Waals surface area contributed by atoms with Crippen LogP contribution in [0.5, 0.6) is 0 Å². The van der Waals surface area contributed by atoms with E-state index in [4.69, 9.17) is 18.9 Å². The molecule has 0 saturated carbocycles. The summed E-state index contributed by atoms with van der Waals surface area (Å²) in [6.07, 6.45) is 52.6. The van der Waals surface area contributed by atoms with Gasteiger partial charge in [0.05, 0.1) is 12.7 Å². The molecule has 0 radical (unpaired) electrons. The third kappa shape index (κ3) is 34.9. The Bertz CT molecular complexity index is 793. The first-order valence-corrected chi connectivity index (χ1v) is 27.3. The second-order valence-electron chi connectivity index (χ2n) is 19.0. The standard InChI is InChI=1S/C54H108O5/c1-5-9-12-15-18-21-24-27-30-33-36-39-42-46-56-49-51-53(57-47-43-40-37-34-31-28-25-22-19-16-13-10-6-2)54(52(55)50(59-51)45-8-4)58-48-44-41-38-35-32-29-26-23-20-17-14-11-7-3/h50-55H,5-49H2,1-4H3/t50-,51-,52+,53-,54-/m1/s1. The van der Waals surface area contributed by atoms with E-state index in [1.165, 1.54) is 231 Å². The molecule has 1 N–H and O–H groups in total. The van der Waals surface area contributed by atoms with E-state index in [-0.39, 0.29) is 24.4 Å². The zero-order chi connectivity index (χ0) is 42.5. The zero-order valence-electron chi connectivity index (χ0n) is 40.8. The van der Waals surface area contributed by atoms with E-state index in [0.29, 0.717) is 19.8 Å². The molecule has 354 valence electrons. The van der Waals surface area contributed by atoms with Gasteiger partial charge in [-0.2, -0.15) is 0 Å². The molecule has 0 aromatic carbocycles. The molecule has 1 rings (SSSR count). The predicted octanol–water partition coefficient (Wildman–Crippen LogP) is 17.0. The lowest BCUT2D eigenvalue weighted by atomic mass is 9.92. The van der Waals surface area contributed by atoms with Gasteiger partial charge in [-0.25, -0.2) is 0 Å². The molecule has 5 atom stereocenters. The second kappa shape index (κ2) is 45.8. The van der Waals surface area contributed by atoms with Gasteiger partial charge in [0.15, 0.2) is 0 Å². The van der Waals surface area contributed by atoms with Crippen LogP contribution in [-0.2, 0) is 18.9 Å². The average Bonchev–Trinajstić information content (AvgIpc) is 3.24. The smallest absolute Gasteiger partial charge is 0.115 e. The molecule has 1 aliphatic heterocycles. The highest BCUT2D eigenvalue weighted by Crippen LogP contribution is 2.30. The second-order valence-corrected chi connectivity index (χ2v) is 19.0. The lowest BCUT2D eigenvalue weighted by molar-refractivity contribution is -0.257. The van der Waals surface area contributed by atoms with Gasteiger partial charge in [0, 0.05) is 19.8 Å². The lowest BCUT2D eigenvalue weighted by Crippen LogP contribution is -2.60. The largest absolute Gasteiger partial charge is 0.388 e. The van der Waals surface area contributed by atoms with E-state index >= 15 is 0 Å². The average molecular weight is 837 g/mol. The van der Waals surface area contributed by atoms with Crippen molar-refractivity contribution in [1.29, 1.82) is 0 Å². The number of rotatable bonds is 48. The fourth-order valence-electron chi connectivity index (χ4n) is 9.15. The number of ether oxygens (including phenoxy) is 4. The molecule has 1 saturated heterocycles. The topological polar surface area (TPSA) is 57.2 Å². The fourth-order valence-corrected chi connectivity index (χ4v) is 9.15. The van der Waals surface area contributed by atoms with Crippen molar-refractivity contribution in [3.8, 4) is 0 Å². The third-order valence-corrected chi connectivity index (χ3v) is 13.1. The number of unbranched alkanes of at least 4 members (excludes halogenated alkanes) is 36. The van der Waals surface area contributed by atoms with Crippen molar-refractivity contribution in [1.82, 2.24) is 0 Å². The molecule has 0 aromatic rings. The minimum atomic E-state index is -0.661. The summed E-state index contributed by atoms with van der Waals surface area (Å²) < 4.78 is 26.2.